The second-order valence-electron chi connectivity index (χ2n) is 11.9. The van der Waals surface area contributed by atoms with E-state index in [9.17, 15) is 12.8 Å². The van der Waals surface area contributed by atoms with E-state index in [0.29, 0.717) is 37.6 Å². The lowest BCUT2D eigenvalue weighted by molar-refractivity contribution is 0.0365. The highest BCUT2D eigenvalue weighted by atomic mass is 32.2. The van der Waals surface area contributed by atoms with E-state index in [1.807, 2.05) is 12.1 Å². The van der Waals surface area contributed by atoms with Crippen LogP contribution >= 0.6 is 11.3 Å². The van der Waals surface area contributed by atoms with Gasteiger partial charge in [0.1, 0.15) is 5.82 Å². The summed E-state index contributed by atoms with van der Waals surface area (Å²) in [5, 5.41) is 5.45. The highest BCUT2D eigenvalue weighted by Gasteiger charge is 2.30. The van der Waals surface area contributed by atoms with E-state index in [-0.39, 0.29) is 17.5 Å². The third kappa shape index (κ3) is 7.09. The maximum Gasteiger partial charge on any atom is 0.227 e. The predicted molar refractivity (Wildman–Crippen MR) is 184 cm³/mol. The number of piperidine rings is 1. The Bertz CT molecular complexity index is 1950. The number of benzene rings is 2. The molecule has 5 aromatic rings. The first-order chi connectivity index (χ1) is 22.9. The van der Waals surface area contributed by atoms with E-state index in [1.54, 1.807) is 40.9 Å². The van der Waals surface area contributed by atoms with E-state index >= 15 is 0 Å². The van der Waals surface area contributed by atoms with Crippen LogP contribution in [0.1, 0.15) is 30.7 Å². The normalized spacial score (nSPS) is 17.0. The quantitative estimate of drug-likeness (QED) is 0.193. The molecule has 0 bridgehead atoms. The second kappa shape index (κ2) is 13.8. The molecule has 10 nitrogen and oxygen atoms in total. The number of morpholine rings is 1. The Morgan fingerprint density at radius 1 is 0.979 bits per heavy atom. The van der Waals surface area contributed by atoms with Crippen LogP contribution in [-0.4, -0.2) is 88.8 Å². The summed E-state index contributed by atoms with van der Waals surface area (Å²) in [6, 6.07) is 16.6. The minimum absolute atomic E-state index is 0.105. The van der Waals surface area contributed by atoms with Gasteiger partial charge >= 0.3 is 0 Å². The number of anilines is 2. The first kappa shape index (κ1) is 31.8. The van der Waals surface area contributed by atoms with Gasteiger partial charge < -0.3 is 14.6 Å². The van der Waals surface area contributed by atoms with Crippen LogP contribution in [0.3, 0.4) is 0 Å². The molecule has 5 heterocycles. The lowest BCUT2D eigenvalue weighted by Crippen LogP contribution is -2.38. The summed E-state index contributed by atoms with van der Waals surface area (Å²) in [5.41, 5.74) is 4.31. The number of ether oxygens (including phenoxy) is 1. The van der Waals surface area contributed by atoms with Crippen molar-refractivity contribution in [3.8, 4) is 21.8 Å². The summed E-state index contributed by atoms with van der Waals surface area (Å²) >= 11 is 1.56. The number of hydrogen-bond acceptors (Lipinski definition) is 9. The number of thiazole rings is 1. The van der Waals surface area contributed by atoms with Crippen LogP contribution in [0.15, 0.2) is 67.0 Å². The van der Waals surface area contributed by atoms with Crippen molar-refractivity contribution in [2.24, 2.45) is 0 Å². The zero-order chi connectivity index (χ0) is 32.4. The number of fused-ring (bicyclic) bond motifs is 1. The van der Waals surface area contributed by atoms with Crippen LogP contribution in [0, 0.1) is 5.82 Å². The third-order valence-electron chi connectivity index (χ3n) is 9.00. The van der Waals surface area contributed by atoms with E-state index in [0.717, 1.165) is 71.6 Å². The van der Waals surface area contributed by atoms with E-state index in [2.05, 4.69) is 44.2 Å². The zero-order valence-corrected chi connectivity index (χ0v) is 27.9. The number of sulfonamides is 1. The first-order valence-corrected chi connectivity index (χ1v) is 18.5. The van der Waals surface area contributed by atoms with E-state index in [1.165, 1.54) is 17.6 Å². The Kier molecular flexibility index (Phi) is 9.33. The van der Waals surface area contributed by atoms with Gasteiger partial charge in [0, 0.05) is 79.7 Å². The summed E-state index contributed by atoms with van der Waals surface area (Å²) in [5.74, 6) is 0.386. The SMILES string of the molecule is CCS(=O)(=O)N1CCC(c2nc(-c3ccc(F)cc3)c(-c3ccnc(Nc4ccc5c(ccn5CCN5CCOCC5)c4)n3)s2)CC1. The molecule has 2 aliphatic rings. The first-order valence-electron chi connectivity index (χ1n) is 16.1. The van der Waals surface area contributed by atoms with Gasteiger partial charge in [0.25, 0.3) is 0 Å². The van der Waals surface area contributed by atoms with Gasteiger partial charge in [0.15, 0.2) is 0 Å². The Balaban J connectivity index is 1.12. The Hall–Kier alpha value is -3.75. The summed E-state index contributed by atoms with van der Waals surface area (Å²) < 4.78 is 48.0. The summed E-state index contributed by atoms with van der Waals surface area (Å²) in [4.78, 5) is 17.7. The average Bonchev–Trinajstić information content (AvgIpc) is 3.73. The molecule has 7 rings (SSSR count). The van der Waals surface area contributed by atoms with Crippen LogP contribution in [-0.2, 0) is 21.3 Å². The molecular formula is C34H38FN7O3S2. The lowest BCUT2D eigenvalue weighted by atomic mass is 9.99. The van der Waals surface area contributed by atoms with Gasteiger partial charge in [-0.2, -0.15) is 0 Å². The largest absolute Gasteiger partial charge is 0.379 e. The number of nitrogens with one attached hydrogen (secondary N) is 1. The minimum atomic E-state index is -3.22. The molecule has 2 fully saturated rings. The topological polar surface area (TPSA) is 105 Å². The third-order valence-corrected chi connectivity index (χ3v) is 12.1. The molecule has 3 aromatic heterocycles. The maximum atomic E-state index is 13.9. The fourth-order valence-corrected chi connectivity index (χ4v) is 8.63. The van der Waals surface area contributed by atoms with Gasteiger partial charge in [0.2, 0.25) is 16.0 Å². The number of aromatic nitrogens is 4. The van der Waals surface area contributed by atoms with Gasteiger partial charge in [-0.1, -0.05) is 0 Å². The second-order valence-corrected chi connectivity index (χ2v) is 15.2. The van der Waals surface area contributed by atoms with Gasteiger partial charge in [-0.3, -0.25) is 4.90 Å². The molecule has 2 aliphatic heterocycles. The monoisotopic (exact) mass is 675 g/mol. The summed E-state index contributed by atoms with van der Waals surface area (Å²) in [6.07, 6.45) is 5.26. The Morgan fingerprint density at radius 3 is 2.53 bits per heavy atom. The number of hydrogen-bond donors (Lipinski definition) is 1. The molecule has 13 heteroatoms. The molecule has 47 heavy (non-hydrogen) atoms. The van der Waals surface area contributed by atoms with Crippen molar-refractivity contribution >= 4 is 43.9 Å². The average molecular weight is 676 g/mol. The fourth-order valence-electron chi connectivity index (χ4n) is 6.27. The smallest absolute Gasteiger partial charge is 0.227 e. The van der Waals surface area contributed by atoms with Crippen LogP contribution in [0.4, 0.5) is 16.0 Å². The Labute approximate surface area is 278 Å². The molecule has 0 spiro atoms. The van der Waals surface area contributed by atoms with Crippen molar-refractivity contribution in [2.75, 3.05) is 57.0 Å². The predicted octanol–water partition coefficient (Wildman–Crippen LogP) is 5.97. The van der Waals surface area contributed by atoms with Crippen LogP contribution in [0.25, 0.3) is 32.7 Å². The highest BCUT2D eigenvalue weighted by Crippen LogP contribution is 2.41. The van der Waals surface area contributed by atoms with Crippen molar-refractivity contribution < 1.29 is 17.5 Å². The van der Waals surface area contributed by atoms with Gasteiger partial charge in [-0.25, -0.2) is 32.1 Å². The molecule has 2 aromatic carbocycles. The Morgan fingerprint density at radius 2 is 1.77 bits per heavy atom. The van der Waals surface area contributed by atoms with Crippen LogP contribution < -0.4 is 5.32 Å². The standard InChI is InChI=1S/C34H38FN7O3S2/c1-2-47(43,44)42-15-11-25(12-16-42)33-39-31(24-3-5-27(35)6-4-24)32(46-33)29-9-13-36-34(38-29)37-28-7-8-30-26(23-28)10-14-41(30)18-17-40-19-21-45-22-20-40/h3-10,13-14,23,25H,2,11-12,15-22H2,1H3,(H,36,37,38). The van der Waals surface area contributed by atoms with Crippen molar-refractivity contribution in [3.63, 3.8) is 0 Å². The summed E-state index contributed by atoms with van der Waals surface area (Å²) in [7, 11) is -3.22. The van der Waals surface area contributed by atoms with Crippen molar-refractivity contribution in [1.29, 1.82) is 0 Å². The van der Waals surface area contributed by atoms with Crippen molar-refractivity contribution in [2.45, 2.75) is 32.2 Å². The van der Waals surface area contributed by atoms with E-state index < -0.39 is 10.0 Å². The number of rotatable bonds is 10. The van der Waals surface area contributed by atoms with Gasteiger partial charge in [0.05, 0.1) is 40.2 Å². The van der Waals surface area contributed by atoms with Crippen molar-refractivity contribution in [1.82, 2.24) is 28.7 Å². The molecule has 246 valence electrons. The molecule has 0 aliphatic carbocycles. The lowest BCUT2D eigenvalue weighted by Gasteiger charge is -2.29. The molecular weight excluding hydrogens is 638 g/mol. The molecule has 0 radical (unpaired) electrons. The molecule has 0 atom stereocenters. The van der Waals surface area contributed by atoms with Gasteiger partial charge in [-0.15, -0.1) is 11.3 Å². The number of nitrogens with zero attached hydrogens (tertiary/aromatic N) is 6. The van der Waals surface area contributed by atoms with Crippen LogP contribution in [0.2, 0.25) is 0 Å². The van der Waals surface area contributed by atoms with Gasteiger partial charge in [-0.05, 0) is 74.4 Å². The maximum absolute atomic E-state index is 13.9. The molecule has 0 amide bonds. The molecule has 2 saturated heterocycles. The number of halogens is 1. The molecule has 0 unspecified atom stereocenters. The van der Waals surface area contributed by atoms with Crippen molar-refractivity contribution in [3.05, 3.63) is 77.8 Å². The van der Waals surface area contributed by atoms with Crippen LogP contribution in [0.5, 0.6) is 0 Å². The highest BCUT2D eigenvalue weighted by molar-refractivity contribution is 7.89. The minimum Gasteiger partial charge on any atom is -0.379 e. The molecule has 0 saturated carbocycles. The summed E-state index contributed by atoms with van der Waals surface area (Å²) in [6.45, 7) is 8.10. The fraction of sp³-hybridized carbons (Fsp3) is 0.382. The molecule has 1 N–H and O–H groups in total. The van der Waals surface area contributed by atoms with E-state index in [4.69, 9.17) is 14.7 Å². The zero-order valence-electron chi connectivity index (χ0n) is 26.3.